The monoisotopic (exact) mass is 420 g/mol. The van der Waals surface area contributed by atoms with Gasteiger partial charge in [0, 0.05) is 24.9 Å². The number of likely N-dealkylation sites (tertiary alicyclic amines) is 1. The van der Waals surface area contributed by atoms with Crippen LogP contribution in [-0.2, 0) is 26.3 Å². The number of halogens is 1. The van der Waals surface area contributed by atoms with Crippen LogP contribution in [0.2, 0.25) is 0 Å². The van der Waals surface area contributed by atoms with E-state index in [2.05, 4.69) is 5.32 Å². The Labute approximate surface area is 179 Å². The summed E-state index contributed by atoms with van der Waals surface area (Å²) in [5.41, 5.74) is 0.900. The van der Waals surface area contributed by atoms with Gasteiger partial charge in [-0.15, -0.1) is 0 Å². The van der Waals surface area contributed by atoms with Crippen LogP contribution in [0.4, 0.5) is 10.1 Å². The second kappa shape index (κ2) is 6.47. The van der Waals surface area contributed by atoms with Crippen LogP contribution in [0, 0.1) is 17.7 Å². The van der Waals surface area contributed by atoms with Crippen molar-refractivity contribution < 1.29 is 23.7 Å². The van der Waals surface area contributed by atoms with E-state index < -0.39 is 23.2 Å². The molecule has 0 aliphatic carbocycles. The molecule has 0 aromatic heterocycles. The van der Waals surface area contributed by atoms with Crippen LogP contribution in [0.15, 0.2) is 48.5 Å². The molecule has 3 fully saturated rings. The minimum Gasteiger partial charge on any atom is -0.320 e. The molecule has 31 heavy (non-hydrogen) atoms. The Hall–Kier alpha value is -3.06. The van der Waals surface area contributed by atoms with Crippen molar-refractivity contribution in [2.45, 2.75) is 30.8 Å². The smallest absolute Gasteiger partial charge is 0.291 e. The molecule has 158 valence electrons. The van der Waals surface area contributed by atoms with Crippen LogP contribution < -0.4 is 10.2 Å². The van der Waals surface area contributed by atoms with Gasteiger partial charge in [0.2, 0.25) is 17.4 Å². The van der Waals surface area contributed by atoms with Gasteiger partial charge in [0.1, 0.15) is 23.7 Å². The summed E-state index contributed by atoms with van der Waals surface area (Å²) in [6, 6.07) is 13.9. The lowest BCUT2D eigenvalue weighted by Gasteiger charge is -2.33. The van der Waals surface area contributed by atoms with Crippen LogP contribution in [0.5, 0.6) is 0 Å². The average molecular weight is 420 g/mol. The van der Waals surface area contributed by atoms with E-state index in [1.807, 2.05) is 30.3 Å². The highest BCUT2D eigenvalue weighted by Gasteiger charge is 2.78. The summed E-state index contributed by atoms with van der Waals surface area (Å²) in [6.45, 7) is 0.996. The molecule has 3 amide bonds. The Morgan fingerprint density at radius 1 is 1.10 bits per heavy atom. The number of hydrogen-bond donors (Lipinski definition) is 2. The number of nitrogens with one attached hydrogen (secondary N) is 2. The van der Waals surface area contributed by atoms with Crippen LogP contribution in [0.1, 0.15) is 24.0 Å². The summed E-state index contributed by atoms with van der Waals surface area (Å²) >= 11 is 0. The van der Waals surface area contributed by atoms with Gasteiger partial charge >= 0.3 is 0 Å². The van der Waals surface area contributed by atoms with Gasteiger partial charge in [-0.2, -0.15) is 0 Å². The van der Waals surface area contributed by atoms with Gasteiger partial charge in [-0.1, -0.05) is 30.3 Å². The second-order valence-corrected chi connectivity index (χ2v) is 9.04. The van der Waals surface area contributed by atoms with E-state index in [0.717, 1.165) is 23.3 Å². The number of anilines is 1. The fraction of sp³-hybridized carbons (Fsp3) is 0.375. The van der Waals surface area contributed by atoms with Gasteiger partial charge in [-0.05, 0) is 30.2 Å². The van der Waals surface area contributed by atoms with Crippen molar-refractivity contribution in [3.8, 4) is 0 Å². The molecule has 4 aliphatic heterocycles. The summed E-state index contributed by atoms with van der Waals surface area (Å²) < 4.78 is 14.3. The maximum absolute atomic E-state index is 14.3. The van der Waals surface area contributed by atoms with Crippen molar-refractivity contribution in [2.75, 3.05) is 18.4 Å². The molecule has 3 saturated heterocycles. The Morgan fingerprint density at radius 2 is 1.90 bits per heavy atom. The third-order valence-corrected chi connectivity index (χ3v) is 7.74. The van der Waals surface area contributed by atoms with Gasteiger partial charge in [0.25, 0.3) is 5.91 Å². The largest absolute Gasteiger partial charge is 0.320 e. The van der Waals surface area contributed by atoms with Crippen LogP contribution in [0.25, 0.3) is 0 Å². The first kappa shape index (κ1) is 18.7. The molecule has 2 N–H and O–H groups in total. The zero-order valence-electron chi connectivity index (χ0n) is 16.9. The molecule has 0 saturated carbocycles. The first-order valence-corrected chi connectivity index (χ1v) is 10.9. The number of carbonyl (C=O) groups excluding carboxylic acids is 3. The normalized spacial score (nSPS) is 33.1. The van der Waals surface area contributed by atoms with Gasteiger partial charge in [-0.3, -0.25) is 19.3 Å². The van der Waals surface area contributed by atoms with Crippen molar-refractivity contribution in [3.05, 3.63) is 65.5 Å². The fourth-order valence-electron chi connectivity index (χ4n) is 6.60. The van der Waals surface area contributed by atoms with Crippen LogP contribution in [0.3, 0.4) is 0 Å². The summed E-state index contributed by atoms with van der Waals surface area (Å²) in [6.07, 6.45) is 2.25. The summed E-state index contributed by atoms with van der Waals surface area (Å²) in [7, 11) is 0. The zero-order chi connectivity index (χ0) is 21.3. The molecule has 4 aliphatic rings. The number of quaternary nitrogens is 1. The van der Waals surface area contributed by atoms with Crippen LogP contribution in [-0.4, -0.2) is 41.8 Å². The lowest BCUT2D eigenvalue weighted by Crippen LogP contribution is -3.19. The number of carbonyl (C=O) groups is 3. The summed E-state index contributed by atoms with van der Waals surface area (Å²) in [5.74, 6) is -2.50. The first-order valence-electron chi connectivity index (χ1n) is 10.9. The van der Waals surface area contributed by atoms with Gasteiger partial charge < -0.3 is 10.2 Å². The molecule has 0 bridgehead atoms. The first-order chi connectivity index (χ1) is 15.0. The van der Waals surface area contributed by atoms with Gasteiger partial charge in [0.15, 0.2) is 0 Å². The quantitative estimate of drug-likeness (QED) is 0.725. The van der Waals surface area contributed by atoms with E-state index >= 15 is 0 Å². The van der Waals surface area contributed by atoms with Crippen molar-refractivity contribution in [1.29, 1.82) is 0 Å². The number of rotatable bonds is 3. The molecule has 1 unspecified atom stereocenters. The molecule has 2 aromatic carbocycles. The SMILES string of the molecule is O=C1[C@@H]2[C@@H]3CCC[NH+]3[C@@]3(C(=O)Nc4ccc(F)cc43)[C@H]2C(=O)N1CCc1ccccc1. The predicted octanol–water partition coefficient (Wildman–Crippen LogP) is 0.878. The second-order valence-electron chi connectivity index (χ2n) is 9.04. The summed E-state index contributed by atoms with van der Waals surface area (Å²) in [5, 5.41) is 2.88. The van der Waals surface area contributed by atoms with Crippen molar-refractivity contribution in [3.63, 3.8) is 0 Å². The molecular formula is C24H23FN3O3+. The fourth-order valence-corrected chi connectivity index (χ4v) is 6.60. The number of nitrogens with zero attached hydrogens (tertiary/aromatic N) is 1. The molecule has 5 atom stereocenters. The van der Waals surface area contributed by atoms with Gasteiger partial charge in [0.05, 0.1) is 12.2 Å². The Kier molecular flexibility index (Phi) is 3.90. The maximum atomic E-state index is 14.3. The lowest BCUT2D eigenvalue weighted by molar-refractivity contribution is -0.948. The minimum absolute atomic E-state index is 0.0943. The van der Waals surface area contributed by atoms with Crippen molar-refractivity contribution in [1.82, 2.24) is 4.90 Å². The number of amides is 3. The Balaban J connectivity index is 1.43. The van der Waals surface area contributed by atoms with E-state index in [9.17, 15) is 18.8 Å². The van der Waals surface area contributed by atoms with Crippen molar-refractivity contribution in [2.24, 2.45) is 11.8 Å². The topological polar surface area (TPSA) is 70.9 Å². The lowest BCUT2D eigenvalue weighted by atomic mass is 9.75. The molecule has 7 heteroatoms. The number of hydrogen-bond acceptors (Lipinski definition) is 3. The van der Waals surface area contributed by atoms with E-state index in [1.165, 1.54) is 17.0 Å². The molecule has 4 heterocycles. The Bertz CT molecular complexity index is 1120. The highest BCUT2D eigenvalue weighted by molar-refractivity contribution is 6.14. The predicted molar refractivity (Wildman–Crippen MR) is 109 cm³/mol. The molecule has 6 nitrogen and oxygen atoms in total. The average Bonchev–Trinajstić information content (AvgIpc) is 3.47. The molecule has 2 aromatic rings. The maximum Gasteiger partial charge on any atom is 0.291 e. The highest BCUT2D eigenvalue weighted by atomic mass is 19.1. The van der Waals surface area contributed by atoms with Crippen LogP contribution >= 0.6 is 0 Å². The highest BCUT2D eigenvalue weighted by Crippen LogP contribution is 2.51. The molecule has 0 radical (unpaired) electrons. The van der Waals surface area contributed by atoms with E-state index in [4.69, 9.17) is 0 Å². The van der Waals surface area contributed by atoms with E-state index in [-0.39, 0.29) is 23.8 Å². The standard InChI is InChI=1S/C24H22FN3O3/c25-15-8-9-17-16(13-15)24(23(31)26-17)20-19(18-7-4-11-28(18)24)21(29)27(22(20)30)12-10-14-5-2-1-3-6-14/h1-3,5-6,8-9,13,18-20H,4,7,10-12H2,(H,26,31)/p+1/t18-,19+,20+,24+/m0/s1. The minimum atomic E-state index is -1.22. The summed E-state index contributed by atoms with van der Waals surface area (Å²) in [4.78, 5) is 42.9. The third-order valence-electron chi connectivity index (χ3n) is 7.74. The number of fused-ring (bicyclic) bond motifs is 7. The zero-order valence-corrected chi connectivity index (χ0v) is 16.9. The number of imide groups is 1. The molecule has 6 rings (SSSR count). The van der Waals surface area contributed by atoms with Crippen molar-refractivity contribution >= 4 is 23.4 Å². The Morgan fingerprint density at radius 3 is 2.71 bits per heavy atom. The molecule has 1 spiro atoms. The van der Waals surface area contributed by atoms with E-state index in [1.54, 1.807) is 6.07 Å². The van der Waals surface area contributed by atoms with Gasteiger partial charge in [-0.25, -0.2) is 4.39 Å². The third kappa shape index (κ3) is 2.32. The number of benzene rings is 2. The molecular weight excluding hydrogens is 397 g/mol. The van der Waals surface area contributed by atoms with E-state index in [0.29, 0.717) is 30.8 Å².